The molecule has 106 valence electrons. The fourth-order valence-electron chi connectivity index (χ4n) is 1.89. The van der Waals surface area contributed by atoms with Gasteiger partial charge in [0, 0.05) is 18.4 Å². The highest BCUT2D eigenvalue weighted by Crippen LogP contribution is 2.17. The third-order valence-electron chi connectivity index (χ3n) is 3.10. The van der Waals surface area contributed by atoms with Crippen LogP contribution in [0.5, 0.6) is 0 Å². The number of amides is 4. The first-order valence-electron chi connectivity index (χ1n) is 6.10. The predicted molar refractivity (Wildman–Crippen MR) is 74.0 cm³/mol. The lowest BCUT2D eigenvalue weighted by Crippen LogP contribution is -2.38. The van der Waals surface area contributed by atoms with Crippen LogP contribution in [-0.4, -0.2) is 47.8 Å². The second-order valence-corrected chi connectivity index (χ2v) is 4.74. The summed E-state index contributed by atoms with van der Waals surface area (Å²) < 4.78 is 0. The van der Waals surface area contributed by atoms with Crippen molar-refractivity contribution in [3.05, 3.63) is 23.8 Å². The van der Waals surface area contributed by atoms with E-state index >= 15 is 0 Å². The van der Waals surface area contributed by atoms with Crippen molar-refractivity contribution in [2.24, 2.45) is 0 Å². The number of hydrogen-bond donors (Lipinski definition) is 2. The number of benzene rings is 1. The van der Waals surface area contributed by atoms with Gasteiger partial charge in [0.2, 0.25) is 5.91 Å². The average Bonchev–Trinajstić information content (AvgIpc) is 2.61. The van der Waals surface area contributed by atoms with E-state index in [1.165, 1.54) is 11.9 Å². The van der Waals surface area contributed by atoms with Gasteiger partial charge in [0.25, 0.3) is 5.91 Å². The first kappa shape index (κ1) is 13.9. The highest BCUT2D eigenvalue weighted by Gasteiger charge is 2.34. The van der Waals surface area contributed by atoms with Crippen molar-refractivity contribution < 1.29 is 14.4 Å². The van der Waals surface area contributed by atoms with Crippen molar-refractivity contribution in [3.63, 3.8) is 0 Å². The largest absolute Gasteiger partial charge is 0.398 e. The third kappa shape index (κ3) is 2.71. The molecule has 0 spiro atoms. The zero-order chi connectivity index (χ0) is 14.9. The number of anilines is 2. The van der Waals surface area contributed by atoms with Gasteiger partial charge in [-0.25, -0.2) is 4.79 Å². The van der Waals surface area contributed by atoms with Crippen molar-refractivity contribution in [1.29, 1.82) is 0 Å². The summed E-state index contributed by atoms with van der Waals surface area (Å²) in [7, 11) is 1.51. The quantitative estimate of drug-likeness (QED) is 0.617. The molecule has 1 aliphatic rings. The smallest absolute Gasteiger partial charge is 0.327 e. The van der Waals surface area contributed by atoms with E-state index < -0.39 is 11.9 Å². The molecule has 0 aromatic heterocycles. The summed E-state index contributed by atoms with van der Waals surface area (Å²) in [5.74, 6) is -0.818. The number of rotatable bonds is 3. The molecule has 1 fully saturated rings. The molecular weight excluding hydrogens is 260 g/mol. The minimum atomic E-state index is -0.464. The molecule has 20 heavy (non-hydrogen) atoms. The average molecular weight is 276 g/mol. The van der Waals surface area contributed by atoms with Gasteiger partial charge in [-0.05, 0) is 24.6 Å². The van der Waals surface area contributed by atoms with Crippen molar-refractivity contribution in [2.75, 3.05) is 31.2 Å². The fraction of sp³-hybridized carbons (Fsp3) is 0.308. The van der Waals surface area contributed by atoms with E-state index in [9.17, 15) is 14.4 Å². The maximum Gasteiger partial charge on any atom is 0.327 e. The van der Waals surface area contributed by atoms with Crippen molar-refractivity contribution in [1.82, 2.24) is 9.80 Å². The van der Waals surface area contributed by atoms with Gasteiger partial charge in [-0.1, -0.05) is 6.07 Å². The molecular formula is C13H16N4O3. The number of nitrogens with two attached hydrogens (primary N) is 1. The maximum absolute atomic E-state index is 11.8. The van der Waals surface area contributed by atoms with Crippen molar-refractivity contribution in [3.8, 4) is 0 Å². The zero-order valence-electron chi connectivity index (χ0n) is 11.3. The molecule has 2 rings (SSSR count). The molecule has 0 aliphatic carbocycles. The number of nitrogens with zero attached hydrogens (tertiary/aromatic N) is 2. The Balaban J connectivity index is 2.00. The van der Waals surface area contributed by atoms with Crippen LogP contribution >= 0.6 is 0 Å². The molecule has 1 aliphatic heterocycles. The Morgan fingerprint density at radius 3 is 2.65 bits per heavy atom. The number of likely N-dealkylation sites (N-methyl/N-ethyl adjacent to an activating group) is 1. The van der Waals surface area contributed by atoms with Gasteiger partial charge in [0.15, 0.2) is 0 Å². The minimum absolute atomic E-state index is 0.00356. The summed E-state index contributed by atoms with van der Waals surface area (Å²) in [5, 5.41) is 2.61. The van der Waals surface area contributed by atoms with Gasteiger partial charge >= 0.3 is 6.03 Å². The Bertz CT molecular complexity index is 585. The molecule has 7 nitrogen and oxygen atoms in total. The van der Waals surface area contributed by atoms with Crippen LogP contribution in [0.3, 0.4) is 0 Å². The normalized spacial score (nSPS) is 14.9. The molecule has 7 heteroatoms. The van der Waals surface area contributed by atoms with E-state index in [0.29, 0.717) is 11.4 Å². The van der Waals surface area contributed by atoms with Crippen LogP contribution in [-0.2, 0) is 9.59 Å². The lowest BCUT2D eigenvalue weighted by atomic mass is 10.2. The molecule has 1 aromatic rings. The molecule has 1 aromatic carbocycles. The molecule has 0 atom stereocenters. The number of hydrogen-bond acceptors (Lipinski definition) is 4. The Kier molecular flexibility index (Phi) is 3.60. The first-order chi connectivity index (χ1) is 9.38. The van der Waals surface area contributed by atoms with Gasteiger partial charge in [-0.15, -0.1) is 0 Å². The van der Waals surface area contributed by atoms with Crippen molar-refractivity contribution >= 4 is 29.2 Å². The minimum Gasteiger partial charge on any atom is -0.398 e. The summed E-state index contributed by atoms with van der Waals surface area (Å²) in [6.07, 6.45) is 0. The van der Waals surface area contributed by atoms with Crippen LogP contribution < -0.4 is 11.1 Å². The van der Waals surface area contributed by atoms with E-state index in [-0.39, 0.29) is 19.0 Å². The molecule has 0 unspecified atom stereocenters. The molecule has 1 saturated heterocycles. The Labute approximate surface area is 116 Å². The monoisotopic (exact) mass is 276 g/mol. The molecule has 1 heterocycles. The number of nitrogens with one attached hydrogen (secondary N) is 1. The van der Waals surface area contributed by atoms with Crippen LogP contribution in [0.25, 0.3) is 0 Å². The van der Waals surface area contributed by atoms with Crippen molar-refractivity contribution in [2.45, 2.75) is 6.92 Å². The van der Waals surface area contributed by atoms with Crippen LogP contribution in [0.4, 0.5) is 16.2 Å². The highest BCUT2D eigenvalue weighted by molar-refractivity contribution is 6.06. The van der Waals surface area contributed by atoms with Gasteiger partial charge in [0.05, 0.1) is 0 Å². The van der Waals surface area contributed by atoms with E-state index in [0.717, 1.165) is 10.5 Å². The SMILES string of the molecule is Cc1ccc(NC(=O)CN2C(=O)CN(C)C2=O)cc1N. The summed E-state index contributed by atoms with van der Waals surface area (Å²) in [4.78, 5) is 37.2. The lowest BCUT2D eigenvalue weighted by Gasteiger charge is -2.14. The molecule has 3 N–H and O–H groups in total. The highest BCUT2D eigenvalue weighted by atomic mass is 16.2. The topological polar surface area (TPSA) is 95.7 Å². The summed E-state index contributed by atoms with van der Waals surface area (Å²) in [6, 6.07) is 4.66. The number of carbonyl (C=O) groups excluding carboxylic acids is 3. The van der Waals surface area contributed by atoms with E-state index in [1.807, 2.05) is 6.92 Å². The van der Waals surface area contributed by atoms with E-state index in [2.05, 4.69) is 5.32 Å². The summed E-state index contributed by atoms with van der Waals surface area (Å²) in [6.45, 7) is 1.57. The fourth-order valence-corrected chi connectivity index (χ4v) is 1.89. The van der Waals surface area contributed by atoms with Gasteiger partial charge < -0.3 is 16.0 Å². The Morgan fingerprint density at radius 2 is 2.10 bits per heavy atom. The van der Waals surface area contributed by atoms with Crippen LogP contribution in [0.15, 0.2) is 18.2 Å². The van der Waals surface area contributed by atoms with Crippen LogP contribution in [0.2, 0.25) is 0 Å². The van der Waals surface area contributed by atoms with Gasteiger partial charge in [-0.3, -0.25) is 14.5 Å². The molecule has 4 amide bonds. The number of imide groups is 1. The standard InChI is InChI=1S/C13H16N4O3/c1-8-3-4-9(5-10(8)14)15-11(18)6-17-12(19)7-16(2)13(17)20/h3-5H,6-7,14H2,1-2H3,(H,15,18). The number of aryl methyl sites for hydroxylation is 1. The molecule has 0 bridgehead atoms. The van der Waals surface area contributed by atoms with Gasteiger partial charge in [-0.2, -0.15) is 0 Å². The zero-order valence-corrected chi connectivity index (χ0v) is 11.3. The van der Waals surface area contributed by atoms with E-state index in [1.54, 1.807) is 18.2 Å². The van der Waals surface area contributed by atoms with Gasteiger partial charge in [0.1, 0.15) is 13.1 Å². The second kappa shape index (κ2) is 5.20. The lowest BCUT2D eigenvalue weighted by molar-refractivity contribution is -0.129. The Hall–Kier alpha value is -2.57. The maximum atomic E-state index is 11.8. The predicted octanol–water partition coefficient (Wildman–Crippen LogP) is 0.410. The van der Waals surface area contributed by atoms with Crippen LogP contribution in [0, 0.1) is 6.92 Å². The second-order valence-electron chi connectivity index (χ2n) is 4.74. The summed E-state index contributed by atoms with van der Waals surface area (Å²) >= 11 is 0. The summed E-state index contributed by atoms with van der Waals surface area (Å²) in [5.41, 5.74) is 7.76. The number of carbonyl (C=O) groups is 3. The number of urea groups is 1. The van der Waals surface area contributed by atoms with Crippen LogP contribution in [0.1, 0.15) is 5.56 Å². The third-order valence-corrected chi connectivity index (χ3v) is 3.10. The molecule has 0 radical (unpaired) electrons. The Morgan fingerprint density at radius 1 is 1.40 bits per heavy atom. The molecule has 0 saturated carbocycles. The number of nitrogen functional groups attached to an aromatic ring is 1. The van der Waals surface area contributed by atoms with E-state index in [4.69, 9.17) is 5.73 Å². The first-order valence-corrected chi connectivity index (χ1v) is 6.10.